The van der Waals surface area contributed by atoms with Gasteiger partial charge in [-0.3, -0.25) is 19.7 Å². The van der Waals surface area contributed by atoms with Gasteiger partial charge in [-0.25, -0.2) is 0 Å². The largest absolute Gasteiger partial charge is 0.481 e. The Balaban J connectivity index is 3.65. The van der Waals surface area contributed by atoms with Gasteiger partial charge < -0.3 is 5.11 Å². The molecule has 0 rings (SSSR count). The second-order valence-electron chi connectivity index (χ2n) is 1.67. The van der Waals surface area contributed by atoms with Gasteiger partial charge in [0.25, 0.3) is 0 Å². The molecule has 0 fully saturated rings. The fourth-order valence-corrected chi connectivity index (χ4v) is 0.378. The van der Waals surface area contributed by atoms with Gasteiger partial charge >= 0.3 is 5.97 Å². The number of carbonyl (C=O) groups excluding carboxylic acids is 2. The molecular weight excluding hydrogens is 138 g/mol. The highest BCUT2D eigenvalue weighted by molar-refractivity contribution is 6.01. The molecular formula is C5H7NO4. The van der Waals surface area contributed by atoms with Crippen molar-refractivity contribution in [2.75, 3.05) is 0 Å². The Bertz CT molecular complexity index is 156. The van der Waals surface area contributed by atoms with E-state index in [9.17, 15) is 14.4 Å². The van der Waals surface area contributed by atoms with Gasteiger partial charge in [-0.2, -0.15) is 0 Å². The molecule has 2 N–H and O–H groups in total. The molecule has 10 heavy (non-hydrogen) atoms. The van der Waals surface area contributed by atoms with Crippen molar-refractivity contribution >= 4 is 17.8 Å². The summed E-state index contributed by atoms with van der Waals surface area (Å²) in [6, 6.07) is 0. The quantitative estimate of drug-likeness (QED) is 0.494. The maximum Gasteiger partial charge on any atom is 0.312 e. The highest BCUT2D eigenvalue weighted by atomic mass is 16.4. The zero-order chi connectivity index (χ0) is 8.15. The number of rotatable bonds is 2. The Morgan fingerprint density at radius 3 is 2.20 bits per heavy atom. The van der Waals surface area contributed by atoms with E-state index in [4.69, 9.17) is 5.11 Å². The number of nitrogens with one attached hydrogen (secondary N) is 1. The zero-order valence-electron chi connectivity index (χ0n) is 5.38. The summed E-state index contributed by atoms with van der Waals surface area (Å²) >= 11 is 0. The second-order valence-corrected chi connectivity index (χ2v) is 1.67. The van der Waals surface area contributed by atoms with Gasteiger partial charge in [0, 0.05) is 6.92 Å². The molecule has 0 aromatic heterocycles. The van der Waals surface area contributed by atoms with Crippen LogP contribution in [0.15, 0.2) is 0 Å². The summed E-state index contributed by atoms with van der Waals surface area (Å²) in [6.45, 7) is 1.14. The lowest BCUT2D eigenvalue weighted by atomic mass is 10.4. The average Bonchev–Trinajstić information content (AvgIpc) is 1.58. The summed E-state index contributed by atoms with van der Waals surface area (Å²) in [7, 11) is 0. The fraction of sp³-hybridized carbons (Fsp3) is 0.400. The molecule has 5 nitrogen and oxygen atoms in total. The van der Waals surface area contributed by atoms with Crippen LogP contribution in [-0.2, 0) is 14.4 Å². The van der Waals surface area contributed by atoms with Crippen LogP contribution in [0.2, 0.25) is 0 Å². The third kappa shape index (κ3) is 4.76. The van der Waals surface area contributed by atoms with Crippen LogP contribution in [-0.4, -0.2) is 22.9 Å². The first kappa shape index (κ1) is 8.61. The number of hydrogen-bond acceptors (Lipinski definition) is 3. The summed E-state index contributed by atoms with van der Waals surface area (Å²) in [5, 5.41) is 9.84. The Morgan fingerprint density at radius 2 is 1.90 bits per heavy atom. The van der Waals surface area contributed by atoms with Gasteiger partial charge in [-0.05, 0) is 0 Å². The van der Waals surface area contributed by atoms with E-state index in [1.807, 2.05) is 5.32 Å². The van der Waals surface area contributed by atoms with Crippen molar-refractivity contribution < 1.29 is 19.5 Å². The van der Waals surface area contributed by atoms with E-state index in [-0.39, 0.29) is 0 Å². The van der Waals surface area contributed by atoms with E-state index < -0.39 is 24.2 Å². The fourth-order valence-electron chi connectivity index (χ4n) is 0.378. The van der Waals surface area contributed by atoms with Gasteiger partial charge in [0.05, 0.1) is 0 Å². The van der Waals surface area contributed by atoms with Crippen LogP contribution in [0.3, 0.4) is 0 Å². The molecule has 2 amide bonds. The third-order valence-electron chi connectivity index (χ3n) is 0.627. The molecule has 0 bridgehead atoms. The second kappa shape index (κ2) is 3.60. The first-order valence-corrected chi connectivity index (χ1v) is 2.54. The van der Waals surface area contributed by atoms with Crippen LogP contribution in [0, 0.1) is 0 Å². The molecule has 0 aromatic carbocycles. The van der Waals surface area contributed by atoms with E-state index in [1.165, 1.54) is 0 Å². The summed E-state index contributed by atoms with van der Waals surface area (Å²) in [5.41, 5.74) is 0. The number of hydrogen-bond donors (Lipinski definition) is 2. The molecule has 0 aromatic rings. The number of carboxylic acids is 1. The van der Waals surface area contributed by atoms with Gasteiger partial charge in [0.1, 0.15) is 6.42 Å². The normalized spacial score (nSPS) is 8.50. The van der Waals surface area contributed by atoms with Crippen LogP contribution in [0.25, 0.3) is 0 Å². The lowest BCUT2D eigenvalue weighted by Crippen LogP contribution is -2.29. The molecule has 5 heteroatoms. The van der Waals surface area contributed by atoms with E-state index in [1.54, 1.807) is 0 Å². The van der Waals surface area contributed by atoms with Crippen LogP contribution in [0.4, 0.5) is 0 Å². The topological polar surface area (TPSA) is 83.5 Å². The van der Waals surface area contributed by atoms with E-state index in [0.717, 1.165) is 6.92 Å². The molecule has 0 spiro atoms. The number of amides is 2. The minimum absolute atomic E-state index is 0.550. The SMILES string of the molecule is CC(=O)NC(=O)CC(=O)O. The molecule has 0 saturated carbocycles. The maximum atomic E-state index is 10.4. The Morgan fingerprint density at radius 1 is 1.40 bits per heavy atom. The van der Waals surface area contributed by atoms with Gasteiger partial charge in [0.2, 0.25) is 11.8 Å². The van der Waals surface area contributed by atoms with E-state index in [2.05, 4.69) is 0 Å². The van der Waals surface area contributed by atoms with Crippen molar-refractivity contribution in [2.45, 2.75) is 13.3 Å². The predicted molar refractivity (Wildman–Crippen MR) is 31.1 cm³/mol. The van der Waals surface area contributed by atoms with Crippen molar-refractivity contribution in [3.8, 4) is 0 Å². The molecule has 0 aliphatic rings. The standard InChI is InChI=1S/C5H7NO4/c1-3(7)6-4(8)2-5(9)10/h2H2,1H3,(H,9,10)(H,6,7,8). The summed E-state index contributed by atoms with van der Waals surface area (Å²) in [4.78, 5) is 30.3. The minimum Gasteiger partial charge on any atom is -0.481 e. The van der Waals surface area contributed by atoms with Crippen molar-refractivity contribution in [2.24, 2.45) is 0 Å². The Hall–Kier alpha value is -1.39. The molecule has 0 aliphatic heterocycles. The maximum absolute atomic E-state index is 10.4. The van der Waals surface area contributed by atoms with Crippen molar-refractivity contribution in [3.63, 3.8) is 0 Å². The van der Waals surface area contributed by atoms with Crippen LogP contribution in [0.5, 0.6) is 0 Å². The summed E-state index contributed by atoms with van der Waals surface area (Å²) in [6.07, 6.45) is -0.667. The van der Waals surface area contributed by atoms with Gasteiger partial charge in [0.15, 0.2) is 0 Å². The van der Waals surface area contributed by atoms with Crippen LogP contribution in [0.1, 0.15) is 13.3 Å². The molecule has 0 unspecified atom stereocenters. The smallest absolute Gasteiger partial charge is 0.312 e. The minimum atomic E-state index is -1.25. The van der Waals surface area contributed by atoms with Crippen LogP contribution < -0.4 is 5.32 Å². The molecule has 56 valence electrons. The van der Waals surface area contributed by atoms with Crippen LogP contribution >= 0.6 is 0 Å². The molecule has 0 aliphatic carbocycles. The van der Waals surface area contributed by atoms with Gasteiger partial charge in [-0.15, -0.1) is 0 Å². The van der Waals surface area contributed by atoms with E-state index >= 15 is 0 Å². The first-order chi connectivity index (χ1) is 4.52. The summed E-state index contributed by atoms with van der Waals surface area (Å²) in [5.74, 6) is -2.59. The van der Waals surface area contributed by atoms with Crippen molar-refractivity contribution in [3.05, 3.63) is 0 Å². The number of carbonyl (C=O) groups is 3. The zero-order valence-corrected chi connectivity index (χ0v) is 5.38. The Kier molecular flexibility index (Phi) is 3.10. The first-order valence-electron chi connectivity index (χ1n) is 2.54. The summed E-state index contributed by atoms with van der Waals surface area (Å²) < 4.78 is 0. The lowest BCUT2D eigenvalue weighted by Gasteiger charge is -1.94. The molecule has 0 atom stereocenters. The highest BCUT2D eigenvalue weighted by Crippen LogP contribution is 1.77. The van der Waals surface area contributed by atoms with E-state index in [0.29, 0.717) is 0 Å². The number of aliphatic carboxylic acids is 1. The molecule has 0 radical (unpaired) electrons. The predicted octanol–water partition coefficient (Wildman–Crippen LogP) is -0.876. The lowest BCUT2D eigenvalue weighted by molar-refractivity contribution is -0.141. The molecule has 0 saturated heterocycles. The number of carboxylic acid groups (broad SMARTS) is 1. The van der Waals surface area contributed by atoms with Crippen molar-refractivity contribution in [1.82, 2.24) is 5.32 Å². The number of imide groups is 1. The highest BCUT2D eigenvalue weighted by Gasteiger charge is 2.07. The monoisotopic (exact) mass is 145 g/mol. The Labute approximate surface area is 57.0 Å². The van der Waals surface area contributed by atoms with Gasteiger partial charge in [-0.1, -0.05) is 0 Å². The third-order valence-corrected chi connectivity index (χ3v) is 0.627. The molecule has 0 heterocycles. The van der Waals surface area contributed by atoms with Crippen molar-refractivity contribution in [1.29, 1.82) is 0 Å². The average molecular weight is 145 g/mol.